The molecule has 8 heteroatoms. The van der Waals surface area contributed by atoms with Gasteiger partial charge >= 0.3 is 0 Å². The second kappa shape index (κ2) is 14.9. The van der Waals surface area contributed by atoms with Gasteiger partial charge in [0.05, 0.1) is 16.2 Å². The standard InChI is InChI=1S/C28H41IN2O5/c1-2-3-4-9-15-31(26(33)17-20-10-5-6-11-20)23-18-21(28(35)30-14-16-32)19-25(27(23)34)36-24-13-8-7-12-22(24)29/h7-8,12-13,19-20,23,25,27,32,34H,2-6,9-11,14-18H2,1H3,(H,30,35)/t23-,25+,27+/m1/s1. The van der Waals surface area contributed by atoms with Crippen molar-refractivity contribution in [3.63, 3.8) is 0 Å². The number of halogens is 1. The maximum absolute atomic E-state index is 13.6. The summed E-state index contributed by atoms with van der Waals surface area (Å²) in [5, 5.41) is 23.4. The Bertz CT molecular complexity index is 886. The van der Waals surface area contributed by atoms with Gasteiger partial charge in [0, 0.05) is 31.5 Å². The van der Waals surface area contributed by atoms with Gasteiger partial charge in [-0.05, 0) is 66.0 Å². The minimum absolute atomic E-state index is 0.0625. The number of aliphatic hydroxyl groups excluding tert-OH is 2. The predicted molar refractivity (Wildman–Crippen MR) is 149 cm³/mol. The Balaban J connectivity index is 1.86. The average Bonchev–Trinajstić information content (AvgIpc) is 3.38. The Morgan fingerprint density at radius 2 is 1.92 bits per heavy atom. The number of amides is 2. The number of ether oxygens (including phenoxy) is 1. The molecule has 2 aliphatic carbocycles. The van der Waals surface area contributed by atoms with E-state index in [9.17, 15) is 14.7 Å². The molecule has 1 aromatic rings. The average molecular weight is 613 g/mol. The van der Waals surface area contributed by atoms with E-state index in [1.165, 1.54) is 12.8 Å². The Labute approximate surface area is 228 Å². The number of carbonyl (C=O) groups is 2. The summed E-state index contributed by atoms with van der Waals surface area (Å²) in [6.45, 7) is 2.71. The molecule has 0 bridgehead atoms. The van der Waals surface area contributed by atoms with Crippen molar-refractivity contribution in [2.45, 2.75) is 89.4 Å². The first-order chi connectivity index (χ1) is 17.4. The minimum atomic E-state index is -0.964. The zero-order chi connectivity index (χ0) is 25.9. The summed E-state index contributed by atoms with van der Waals surface area (Å²) >= 11 is 2.18. The van der Waals surface area contributed by atoms with Crippen molar-refractivity contribution < 1.29 is 24.5 Å². The van der Waals surface area contributed by atoms with Gasteiger partial charge in [0.15, 0.2) is 0 Å². The zero-order valence-corrected chi connectivity index (χ0v) is 23.5. The highest BCUT2D eigenvalue weighted by Crippen LogP contribution is 2.32. The molecular weight excluding hydrogens is 571 g/mol. The number of hydrogen-bond donors (Lipinski definition) is 3. The quantitative estimate of drug-likeness (QED) is 0.229. The van der Waals surface area contributed by atoms with Crippen molar-refractivity contribution in [1.82, 2.24) is 10.2 Å². The Morgan fingerprint density at radius 3 is 2.61 bits per heavy atom. The summed E-state index contributed by atoms with van der Waals surface area (Å²) in [7, 11) is 0. The Kier molecular flexibility index (Phi) is 12.0. The van der Waals surface area contributed by atoms with Crippen LogP contribution in [0.25, 0.3) is 0 Å². The van der Waals surface area contributed by atoms with E-state index in [1.54, 1.807) is 6.08 Å². The minimum Gasteiger partial charge on any atom is -0.482 e. The molecule has 2 aliphatic rings. The first kappa shape index (κ1) is 28.9. The molecule has 0 radical (unpaired) electrons. The highest BCUT2D eigenvalue weighted by atomic mass is 127. The van der Waals surface area contributed by atoms with Gasteiger partial charge in [-0.3, -0.25) is 9.59 Å². The second-order valence-electron chi connectivity index (χ2n) is 9.95. The third kappa shape index (κ3) is 8.18. The monoisotopic (exact) mass is 612 g/mol. The van der Waals surface area contributed by atoms with Gasteiger partial charge in [0.2, 0.25) is 11.8 Å². The van der Waals surface area contributed by atoms with Crippen molar-refractivity contribution in [3.8, 4) is 5.75 Å². The van der Waals surface area contributed by atoms with E-state index in [1.807, 2.05) is 29.2 Å². The number of para-hydroxylation sites is 1. The van der Waals surface area contributed by atoms with Crippen molar-refractivity contribution in [2.24, 2.45) is 5.92 Å². The van der Waals surface area contributed by atoms with Gasteiger partial charge in [-0.25, -0.2) is 0 Å². The molecule has 1 fully saturated rings. The molecule has 7 nitrogen and oxygen atoms in total. The van der Waals surface area contributed by atoms with Crippen LogP contribution in [0.3, 0.4) is 0 Å². The lowest BCUT2D eigenvalue weighted by molar-refractivity contribution is -0.139. The first-order valence-corrected chi connectivity index (χ1v) is 14.5. The van der Waals surface area contributed by atoms with Crippen LogP contribution in [0.1, 0.15) is 71.1 Å². The molecule has 2 amide bonds. The normalized spacial score (nSPS) is 22.2. The van der Waals surface area contributed by atoms with Gasteiger partial charge in [0.25, 0.3) is 0 Å². The van der Waals surface area contributed by atoms with Crippen LogP contribution in [0.4, 0.5) is 0 Å². The maximum atomic E-state index is 13.6. The molecule has 3 N–H and O–H groups in total. The predicted octanol–water partition coefficient (Wildman–Crippen LogP) is 4.20. The Morgan fingerprint density at radius 1 is 1.17 bits per heavy atom. The van der Waals surface area contributed by atoms with E-state index in [4.69, 9.17) is 9.84 Å². The summed E-state index contributed by atoms with van der Waals surface area (Å²) in [5.41, 5.74) is 0.474. The number of carbonyl (C=O) groups excluding carboxylic acids is 2. The summed E-state index contributed by atoms with van der Waals surface area (Å²) in [5.74, 6) is 0.789. The summed E-state index contributed by atoms with van der Waals surface area (Å²) < 4.78 is 7.12. The van der Waals surface area contributed by atoms with Crippen LogP contribution in [-0.4, -0.2) is 64.9 Å². The smallest absolute Gasteiger partial charge is 0.247 e. The molecule has 0 aliphatic heterocycles. The lowest BCUT2D eigenvalue weighted by Gasteiger charge is -2.41. The van der Waals surface area contributed by atoms with Gasteiger partial charge in [0.1, 0.15) is 18.0 Å². The number of benzene rings is 1. The van der Waals surface area contributed by atoms with E-state index < -0.39 is 18.2 Å². The maximum Gasteiger partial charge on any atom is 0.247 e. The first-order valence-electron chi connectivity index (χ1n) is 13.4. The van der Waals surface area contributed by atoms with Gasteiger partial charge < -0.3 is 25.2 Å². The van der Waals surface area contributed by atoms with Gasteiger partial charge in [-0.1, -0.05) is 51.2 Å². The number of nitrogens with zero attached hydrogens (tertiary/aromatic N) is 1. The van der Waals surface area contributed by atoms with Crippen LogP contribution in [0.2, 0.25) is 0 Å². The van der Waals surface area contributed by atoms with Crippen molar-refractivity contribution in [2.75, 3.05) is 19.7 Å². The summed E-state index contributed by atoms with van der Waals surface area (Å²) in [6, 6.07) is 7.00. The fraction of sp³-hybridized carbons (Fsp3) is 0.643. The van der Waals surface area contributed by atoms with Crippen LogP contribution in [0.15, 0.2) is 35.9 Å². The van der Waals surface area contributed by atoms with Gasteiger partial charge in [-0.15, -0.1) is 0 Å². The number of aliphatic hydroxyl groups is 2. The molecule has 1 aromatic carbocycles. The largest absolute Gasteiger partial charge is 0.482 e. The summed E-state index contributed by atoms with van der Waals surface area (Å²) in [4.78, 5) is 28.3. The molecule has 200 valence electrons. The molecule has 36 heavy (non-hydrogen) atoms. The third-order valence-electron chi connectivity index (χ3n) is 7.23. The molecular formula is C28H41IN2O5. The number of rotatable bonds is 13. The second-order valence-corrected chi connectivity index (χ2v) is 11.1. The molecule has 0 unspecified atom stereocenters. The highest BCUT2D eigenvalue weighted by Gasteiger charge is 2.40. The number of unbranched alkanes of at least 4 members (excludes halogenated alkanes) is 3. The van der Waals surface area contributed by atoms with E-state index in [0.717, 1.165) is 42.1 Å². The zero-order valence-electron chi connectivity index (χ0n) is 21.3. The van der Waals surface area contributed by atoms with Gasteiger partial charge in [-0.2, -0.15) is 0 Å². The molecule has 0 aromatic heterocycles. The fourth-order valence-corrected chi connectivity index (χ4v) is 5.74. The van der Waals surface area contributed by atoms with E-state index in [0.29, 0.717) is 30.2 Å². The molecule has 1 saturated carbocycles. The fourth-order valence-electron chi connectivity index (χ4n) is 5.23. The van der Waals surface area contributed by atoms with E-state index >= 15 is 0 Å². The summed E-state index contributed by atoms with van der Waals surface area (Å²) in [6.07, 6.45) is 9.28. The van der Waals surface area contributed by atoms with Crippen LogP contribution in [0, 0.1) is 9.49 Å². The highest BCUT2D eigenvalue weighted by molar-refractivity contribution is 14.1. The molecule has 0 saturated heterocycles. The van der Waals surface area contributed by atoms with Crippen LogP contribution in [-0.2, 0) is 9.59 Å². The molecule has 0 spiro atoms. The lowest BCUT2D eigenvalue weighted by atomic mass is 9.87. The van der Waals surface area contributed by atoms with Crippen molar-refractivity contribution in [3.05, 3.63) is 39.5 Å². The molecule has 3 atom stereocenters. The molecule has 0 heterocycles. The topological polar surface area (TPSA) is 99.1 Å². The van der Waals surface area contributed by atoms with E-state index in [2.05, 4.69) is 34.8 Å². The van der Waals surface area contributed by atoms with Crippen LogP contribution < -0.4 is 10.1 Å². The van der Waals surface area contributed by atoms with Crippen LogP contribution >= 0.6 is 22.6 Å². The molecule has 3 rings (SSSR count). The Hall–Kier alpha value is -1.65. The number of hydrogen-bond acceptors (Lipinski definition) is 5. The SMILES string of the molecule is CCCCCCN(C(=O)CC1CCCC1)[C@@H]1CC(C(=O)NCCO)=C[C@H](Oc2ccccc2I)[C@H]1O. The number of nitrogens with one attached hydrogen (secondary N) is 1. The van der Waals surface area contributed by atoms with Crippen molar-refractivity contribution >= 4 is 34.4 Å². The third-order valence-corrected chi connectivity index (χ3v) is 8.12. The van der Waals surface area contributed by atoms with Crippen molar-refractivity contribution in [1.29, 1.82) is 0 Å². The van der Waals surface area contributed by atoms with Crippen LogP contribution in [0.5, 0.6) is 5.75 Å². The lowest BCUT2D eigenvalue weighted by Crippen LogP contribution is -2.55. The van der Waals surface area contributed by atoms with E-state index in [-0.39, 0.29) is 31.4 Å².